The number of hydrogen-bond donors (Lipinski definition) is 1. The Balaban J connectivity index is 1.98. The van der Waals surface area contributed by atoms with E-state index in [1.807, 2.05) is 0 Å². The smallest absolute Gasteiger partial charge is 0.318 e. The summed E-state index contributed by atoms with van der Waals surface area (Å²) in [5.74, 6) is 1.30. The first-order valence-corrected chi connectivity index (χ1v) is 8.08. The molecule has 1 aliphatic rings. The number of anilines is 1. The van der Waals surface area contributed by atoms with E-state index in [9.17, 15) is 0 Å². The van der Waals surface area contributed by atoms with Crippen molar-refractivity contribution in [1.29, 1.82) is 0 Å². The first kappa shape index (κ1) is 16.2. The lowest BCUT2D eigenvalue weighted by Gasteiger charge is -2.28. The Morgan fingerprint density at radius 3 is 2.86 bits per heavy atom. The maximum Gasteiger partial charge on any atom is 0.318 e. The van der Waals surface area contributed by atoms with Gasteiger partial charge in [-0.15, -0.1) is 5.10 Å². The van der Waals surface area contributed by atoms with E-state index in [-0.39, 0.29) is 0 Å². The fourth-order valence-corrected chi connectivity index (χ4v) is 2.74. The van der Waals surface area contributed by atoms with Crippen molar-refractivity contribution in [3.63, 3.8) is 0 Å². The Morgan fingerprint density at radius 2 is 2.14 bits per heavy atom. The van der Waals surface area contributed by atoms with Crippen molar-refractivity contribution in [3.05, 3.63) is 5.89 Å². The first-order chi connectivity index (χ1) is 10.1. The molecule has 21 heavy (non-hydrogen) atoms. The molecule has 0 saturated carbocycles. The van der Waals surface area contributed by atoms with Crippen LogP contribution in [-0.4, -0.2) is 54.4 Å². The minimum atomic E-state index is 0.453. The highest BCUT2D eigenvalue weighted by atomic mass is 16.4. The number of aromatic nitrogens is 2. The Hall–Kier alpha value is -1.14. The van der Waals surface area contributed by atoms with Crippen molar-refractivity contribution in [2.45, 2.75) is 46.2 Å². The topological polar surface area (TPSA) is 57.4 Å². The second-order valence-electron chi connectivity index (χ2n) is 6.37. The molecule has 0 spiro atoms. The molecule has 1 atom stereocenters. The van der Waals surface area contributed by atoms with E-state index in [2.05, 4.69) is 53.1 Å². The molecule has 2 rings (SSSR count). The summed E-state index contributed by atoms with van der Waals surface area (Å²) in [6.07, 6.45) is 2.23. The highest BCUT2D eigenvalue weighted by Gasteiger charge is 2.26. The van der Waals surface area contributed by atoms with Crippen molar-refractivity contribution in [1.82, 2.24) is 20.4 Å². The average molecular weight is 295 g/mol. The third-order valence-corrected chi connectivity index (χ3v) is 3.90. The van der Waals surface area contributed by atoms with Crippen molar-refractivity contribution in [2.75, 3.05) is 38.1 Å². The lowest BCUT2D eigenvalue weighted by atomic mass is 10.2. The van der Waals surface area contributed by atoms with E-state index in [1.165, 1.54) is 0 Å². The van der Waals surface area contributed by atoms with E-state index >= 15 is 0 Å². The summed E-state index contributed by atoms with van der Waals surface area (Å²) in [6, 6.07) is 1.13. The van der Waals surface area contributed by atoms with Crippen molar-refractivity contribution < 1.29 is 4.42 Å². The van der Waals surface area contributed by atoms with E-state index in [1.54, 1.807) is 0 Å². The lowest BCUT2D eigenvalue weighted by molar-refractivity contribution is 0.324. The Bertz CT molecular complexity index is 420. The zero-order valence-electron chi connectivity index (χ0n) is 13.8. The van der Waals surface area contributed by atoms with Crippen LogP contribution in [0, 0.1) is 5.92 Å². The predicted molar refractivity (Wildman–Crippen MR) is 84.4 cm³/mol. The molecule has 0 aromatic carbocycles. The van der Waals surface area contributed by atoms with Crippen LogP contribution in [0.2, 0.25) is 0 Å². The normalized spacial score (nSPS) is 21.0. The summed E-state index contributed by atoms with van der Waals surface area (Å²) < 4.78 is 5.85. The molecule has 0 aliphatic carbocycles. The van der Waals surface area contributed by atoms with Gasteiger partial charge < -0.3 is 19.5 Å². The summed E-state index contributed by atoms with van der Waals surface area (Å²) in [5, 5.41) is 11.8. The first-order valence-electron chi connectivity index (χ1n) is 8.08. The Kier molecular flexibility index (Phi) is 5.99. The molecule has 0 amide bonds. The SMILES string of the molecule is CCC1CN(C)CCCN1c1nnc(CNCC(C)C)o1. The molecule has 1 aromatic rings. The molecule has 1 aliphatic heterocycles. The van der Waals surface area contributed by atoms with E-state index in [0.29, 0.717) is 30.4 Å². The standard InChI is InChI=1S/C15H29N5O/c1-5-13-11-19(4)7-6-8-20(13)15-18-17-14(21-15)10-16-9-12(2)3/h12-13,16H,5-11H2,1-4H3. The highest BCUT2D eigenvalue weighted by molar-refractivity contribution is 5.27. The molecule has 6 heteroatoms. The molecular weight excluding hydrogens is 266 g/mol. The third kappa shape index (κ3) is 4.68. The zero-order chi connectivity index (χ0) is 15.2. The number of hydrogen-bond acceptors (Lipinski definition) is 6. The second kappa shape index (κ2) is 7.75. The van der Waals surface area contributed by atoms with Gasteiger partial charge in [0.25, 0.3) is 0 Å². The van der Waals surface area contributed by atoms with Gasteiger partial charge in [-0.25, -0.2) is 0 Å². The fraction of sp³-hybridized carbons (Fsp3) is 0.867. The van der Waals surface area contributed by atoms with Gasteiger partial charge in [0, 0.05) is 19.1 Å². The van der Waals surface area contributed by atoms with Crippen LogP contribution in [0.1, 0.15) is 39.5 Å². The second-order valence-corrected chi connectivity index (χ2v) is 6.37. The van der Waals surface area contributed by atoms with Gasteiger partial charge in [0.05, 0.1) is 6.54 Å². The summed E-state index contributed by atoms with van der Waals surface area (Å²) in [4.78, 5) is 4.66. The molecule has 120 valence electrons. The number of nitrogens with zero attached hydrogens (tertiary/aromatic N) is 4. The minimum absolute atomic E-state index is 0.453. The molecule has 0 bridgehead atoms. The van der Waals surface area contributed by atoms with Gasteiger partial charge in [-0.1, -0.05) is 25.9 Å². The van der Waals surface area contributed by atoms with Crippen LogP contribution in [-0.2, 0) is 6.54 Å². The number of likely N-dealkylation sites (N-methyl/N-ethyl adjacent to an activating group) is 1. The Morgan fingerprint density at radius 1 is 1.33 bits per heavy atom. The largest absolute Gasteiger partial charge is 0.407 e. The number of nitrogens with one attached hydrogen (secondary N) is 1. The van der Waals surface area contributed by atoms with Crippen molar-refractivity contribution in [3.8, 4) is 0 Å². The van der Waals surface area contributed by atoms with Gasteiger partial charge in [-0.2, -0.15) is 0 Å². The van der Waals surface area contributed by atoms with Gasteiger partial charge >= 0.3 is 6.01 Å². The van der Waals surface area contributed by atoms with Crippen LogP contribution < -0.4 is 10.2 Å². The maximum atomic E-state index is 5.85. The van der Waals surface area contributed by atoms with E-state index < -0.39 is 0 Å². The summed E-state index contributed by atoms with van der Waals surface area (Å²) >= 11 is 0. The molecule has 6 nitrogen and oxygen atoms in total. The van der Waals surface area contributed by atoms with E-state index in [4.69, 9.17) is 4.42 Å². The summed E-state index contributed by atoms with van der Waals surface area (Å²) in [6.45, 7) is 11.4. The maximum absolute atomic E-state index is 5.85. The average Bonchev–Trinajstić information content (AvgIpc) is 2.81. The molecule has 1 unspecified atom stereocenters. The van der Waals surface area contributed by atoms with Gasteiger partial charge in [0.2, 0.25) is 5.89 Å². The van der Waals surface area contributed by atoms with Crippen LogP contribution in [0.5, 0.6) is 0 Å². The highest BCUT2D eigenvalue weighted by Crippen LogP contribution is 2.20. The summed E-state index contributed by atoms with van der Waals surface area (Å²) in [7, 11) is 2.18. The van der Waals surface area contributed by atoms with Gasteiger partial charge in [-0.05, 0) is 38.9 Å². The predicted octanol–water partition coefficient (Wildman–Crippen LogP) is 1.74. The minimum Gasteiger partial charge on any atom is -0.407 e. The Labute approximate surface area is 127 Å². The van der Waals surface area contributed by atoms with Gasteiger partial charge in [0.1, 0.15) is 0 Å². The van der Waals surface area contributed by atoms with Crippen LogP contribution in [0.15, 0.2) is 4.42 Å². The molecule has 0 radical (unpaired) electrons. The van der Waals surface area contributed by atoms with Crippen LogP contribution in [0.4, 0.5) is 6.01 Å². The molecule has 1 fully saturated rings. The van der Waals surface area contributed by atoms with Crippen LogP contribution in [0.25, 0.3) is 0 Å². The van der Waals surface area contributed by atoms with Crippen LogP contribution in [0.3, 0.4) is 0 Å². The molecular formula is C15H29N5O. The van der Waals surface area contributed by atoms with Gasteiger partial charge in [0.15, 0.2) is 0 Å². The van der Waals surface area contributed by atoms with Crippen molar-refractivity contribution >= 4 is 6.01 Å². The fourth-order valence-electron chi connectivity index (χ4n) is 2.74. The zero-order valence-corrected chi connectivity index (χ0v) is 13.8. The van der Waals surface area contributed by atoms with Gasteiger partial charge in [-0.3, -0.25) is 0 Å². The van der Waals surface area contributed by atoms with E-state index in [0.717, 1.165) is 39.0 Å². The number of rotatable bonds is 6. The lowest BCUT2D eigenvalue weighted by Crippen LogP contribution is -2.40. The van der Waals surface area contributed by atoms with Crippen molar-refractivity contribution in [2.24, 2.45) is 5.92 Å². The molecule has 1 N–H and O–H groups in total. The summed E-state index contributed by atoms with van der Waals surface area (Å²) in [5.41, 5.74) is 0. The monoisotopic (exact) mass is 295 g/mol. The third-order valence-electron chi connectivity index (χ3n) is 3.90. The quantitative estimate of drug-likeness (QED) is 0.862. The molecule has 1 saturated heterocycles. The molecule has 1 aromatic heterocycles. The van der Waals surface area contributed by atoms with Crippen LogP contribution >= 0.6 is 0 Å². The molecule has 2 heterocycles.